The summed E-state index contributed by atoms with van der Waals surface area (Å²) < 4.78 is 5.16. The van der Waals surface area contributed by atoms with Gasteiger partial charge >= 0.3 is 0 Å². The number of carbonyl (C=O) groups is 1. The summed E-state index contributed by atoms with van der Waals surface area (Å²) in [4.78, 5) is 12.0. The summed E-state index contributed by atoms with van der Waals surface area (Å²) in [6.45, 7) is 2.36. The predicted octanol–water partition coefficient (Wildman–Crippen LogP) is 3.17. The van der Waals surface area contributed by atoms with E-state index in [1.54, 1.807) is 30.5 Å². The Hall–Kier alpha value is -3.15. The van der Waals surface area contributed by atoms with Crippen molar-refractivity contribution in [1.29, 1.82) is 0 Å². The molecule has 6 heteroatoms. The van der Waals surface area contributed by atoms with Crippen LogP contribution in [0.3, 0.4) is 0 Å². The summed E-state index contributed by atoms with van der Waals surface area (Å²) in [5.74, 6) is 1.02. The third kappa shape index (κ3) is 3.98. The van der Waals surface area contributed by atoms with Crippen LogP contribution in [0.15, 0.2) is 65.3 Å². The molecule has 0 aliphatic heterocycles. The fourth-order valence-electron chi connectivity index (χ4n) is 2.25. The molecule has 2 heterocycles. The van der Waals surface area contributed by atoms with Crippen LogP contribution in [0.2, 0.25) is 0 Å². The lowest BCUT2D eigenvalue weighted by Gasteiger charge is -2.14. The number of benzene rings is 1. The van der Waals surface area contributed by atoms with Crippen molar-refractivity contribution >= 4 is 11.7 Å². The lowest BCUT2D eigenvalue weighted by Crippen LogP contribution is -2.24. The van der Waals surface area contributed by atoms with E-state index < -0.39 is 0 Å². The molecule has 3 rings (SSSR count). The maximum Gasteiger partial charge on any atom is 0.272 e. The number of nitrogens with one attached hydrogen (secondary N) is 2. The van der Waals surface area contributed by atoms with Crippen LogP contribution in [0.4, 0.5) is 5.82 Å². The monoisotopic (exact) mass is 322 g/mol. The number of hydrogen-bond donors (Lipinski definition) is 2. The largest absolute Gasteiger partial charge is 0.467 e. The minimum absolute atomic E-state index is 0.0964. The summed E-state index contributed by atoms with van der Waals surface area (Å²) in [5.41, 5.74) is 1.42. The van der Waals surface area contributed by atoms with Crippen molar-refractivity contribution in [2.75, 3.05) is 5.32 Å². The average Bonchev–Trinajstić information content (AvgIpc) is 3.14. The molecule has 6 nitrogen and oxygen atoms in total. The van der Waals surface area contributed by atoms with Crippen LogP contribution in [0.5, 0.6) is 0 Å². The second kappa shape index (κ2) is 7.41. The Morgan fingerprint density at radius 2 is 1.92 bits per heavy atom. The molecule has 0 bridgehead atoms. The van der Waals surface area contributed by atoms with Crippen LogP contribution in [0, 0.1) is 0 Å². The van der Waals surface area contributed by atoms with Gasteiger partial charge in [0.2, 0.25) is 0 Å². The van der Waals surface area contributed by atoms with Gasteiger partial charge in [-0.25, -0.2) is 0 Å². The predicted molar refractivity (Wildman–Crippen MR) is 90.4 cm³/mol. The summed E-state index contributed by atoms with van der Waals surface area (Å²) in [6.07, 6.45) is 1.57. The fourth-order valence-corrected chi connectivity index (χ4v) is 2.25. The second-order valence-corrected chi connectivity index (χ2v) is 5.34. The first-order valence-corrected chi connectivity index (χ1v) is 7.68. The number of carbonyl (C=O) groups excluding carboxylic acids is 1. The zero-order valence-corrected chi connectivity index (χ0v) is 13.3. The first-order valence-electron chi connectivity index (χ1n) is 7.68. The number of rotatable bonds is 6. The van der Waals surface area contributed by atoms with E-state index >= 15 is 0 Å². The maximum atomic E-state index is 12.0. The molecule has 0 saturated carbocycles. The number of aromatic nitrogens is 2. The molecule has 3 aromatic rings. The summed E-state index contributed by atoms with van der Waals surface area (Å²) in [5, 5.41) is 14.0. The van der Waals surface area contributed by atoms with E-state index in [2.05, 4.69) is 20.8 Å². The van der Waals surface area contributed by atoms with Crippen LogP contribution in [0.25, 0.3) is 0 Å². The Balaban J connectivity index is 1.57. The smallest absolute Gasteiger partial charge is 0.272 e. The van der Waals surface area contributed by atoms with Gasteiger partial charge in [-0.15, -0.1) is 10.2 Å². The highest BCUT2D eigenvalue weighted by Gasteiger charge is 2.10. The van der Waals surface area contributed by atoms with Crippen LogP contribution < -0.4 is 10.6 Å². The Morgan fingerprint density at radius 3 is 2.58 bits per heavy atom. The topological polar surface area (TPSA) is 80.0 Å². The molecule has 122 valence electrons. The molecule has 0 fully saturated rings. The Kier molecular flexibility index (Phi) is 4.86. The fraction of sp³-hybridized carbons (Fsp3) is 0.167. The quantitative estimate of drug-likeness (QED) is 0.728. The van der Waals surface area contributed by atoms with Crippen LogP contribution >= 0.6 is 0 Å². The zero-order chi connectivity index (χ0) is 16.8. The highest BCUT2D eigenvalue weighted by atomic mass is 16.3. The number of furan rings is 1. The van der Waals surface area contributed by atoms with E-state index in [9.17, 15) is 4.79 Å². The standard InChI is InChI=1S/C18H18N4O2/c1-13(14-6-3-2-4-7-14)20-17-10-9-16(21-22-17)18(23)19-12-15-8-5-11-24-15/h2-11,13H,12H2,1H3,(H,19,23)(H,20,22). The lowest BCUT2D eigenvalue weighted by molar-refractivity contribution is 0.0942. The normalized spacial score (nSPS) is 11.7. The van der Waals surface area contributed by atoms with Crippen molar-refractivity contribution in [3.8, 4) is 0 Å². The minimum Gasteiger partial charge on any atom is -0.467 e. The summed E-state index contributed by atoms with van der Waals surface area (Å²) in [7, 11) is 0. The molecule has 0 spiro atoms. The molecule has 0 saturated heterocycles. The van der Waals surface area contributed by atoms with E-state index in [0.29, 0.717) is 18.1 Å². The molecule has 0 aliphatic rings. The summed E-state index contributed by atoms with van der Waals surface area (Å²) in [6, 6.07) is 17.1. The number of amides is 1. The van der Waals surface area contributed by atoms with Crippen molar-refractivity contribution in [3.05, 3.63) is 77.9 Å². The van der Waals surface area contributed by atoms with Gasteiger partial charge in [0.1, 0.15) is 11.6 Å². The molecule has 1 amide bonds. The Morgan fingerprint density at radius 1 is 1.08 bits per heavy atom. The van der Waals surface area contributed by atoms with Crippen LogP contribution in [-0.2, 0) is 6.54 Å². The van der Waals surface area contributed by atoms with Gasteiger partial charge in [-0.3, -0.25) is 4.79 Å². The molecule has 0 radical (unpaired) electrons. The van der Waals surface area contributed by atoms with Gasteiger partial charge in [0.15, 0.2) is 5.69 Å². The van der Waals surface area contributed by atoms with E-state index in [1.165, 1.54) is 0 Å². The van der Waals surface area contributed by atoms with E-state index in [1.807, 2.05) is 37.3 Å². The molecule has 1 aromatic carbocycles. The SMILES string of the molecule is CC(Nc1ccc(C(=O)NCc2ccco2)nn1)c1ccccc1. The third-order valence-corrected chi connectivity index (χ3v) is 3.56. The number of hydrogen-bond acceptors (Lipinski definition) is 5. The van der Waals surface area contributed by atoms with Gasteiger partial charge < -0.3 is 15.1 Å². The van der Waals surface area contributed by atoms with E-state index in [4.69, 9.17) is 4.42 Å². The van der Waals surface area contributed by atoms with Crippen molar-refractivity contribution < 1.29 is 9.21 Å². The molecule has 0 aliphatic carbocycles. The lowest BCUT2D eigenvalue weighted by atomic mass is 10.1. The van der Waals surface area contributed by atoms with Crippen LogP contribution in [0.1, 0.15) is 34.8 Å². The first kappa shape index (κ1) is 15.7. The van der Waals surface area contributed by atoms with Gasteiger partial charge in [0, 0.05) is 6.04 Å². The molecular formula is C18H18N4O2. The minimum atomic E-state index is -0.290. The molecular weight excluding hydrogens is 304 g/mol. The second-order valence-electron chi connectivity index (χ2n) is 5.34. The van der Waals surface area contributed by atoms with Gasteiger partial charge in [-0.1, -0.05) is 30.3 Å². The first-order chi connectivity index (χ1) is 11.7. The van der Waals surface area contributed by atoms with Crippen molar-refractivity contribution in [1.82, 2.24) is 15.5 Å². The molecule has 1 atom stereocenters. The van der Waals surface area contributed by atoms with Crippen molar-refractivity contribution in [2.24, 2.45) is 0 Å². The van der Waals surface area contributed by atoms with Gasteiger partial charge in [-0.2, -0.15) is 0 Å². The number of anilines is 1. The van der Waals surface area contributed by atoms with Gasteiger partial charge in [0.25, 0.3) is 5.91 Å². The zero-order valence-electron chi connectivity index (χ0n) is 13.3. The third-order valence-electron chi connectivity index (χ3n) is 3.56. The summed E-state index contributed by atoms with van der Waals surface area (Å²) >= 11 is 0. The Bertz CT molecular complexity index is 771. The van der Waals surface area contributed by atoms with E-state index in [-0.39, 0.29) is 17.6 Å². The molecule has 24 heavy (non-hydrogen) atoms. The molecule has 2 N–H and O–H groups in total. The molecule has 2 aromatic heterocycles. The number of nitrogens with zero attached hydrogens (tertiary/aromatic N) is 2. The Labute approximate surface area is 139 Å². The van der Waals surface area contributed by atoms with E-state index in [0.717, 1.165) is 5.56 Å². The van der Waals surface area contributed by atoms with Crippen molar-refractivity contribution in [3.63, 3.8) is 0 Å². The molecule has 1 unspecified atom stereocenters. The van der Waals surface area contributed by atoms with Gasteiger partial charge in [-0.05, 0) is 36.8 Å². The highest BCUT2D eigenvalue weighted by Crippen LogP contribution is 2.16. The highest BCUT2D eigenvalue weighted by molar-refractivity contribution is 5.92. The van der Waals surface area contributed by atoms with Gasteiger partial charge in [0.05, 0.1) is 12.8 Å². The van der Waals surface area contributed by atoms with Crippen LogP contribution in [-0.4, -0.2) is 16.1 Å². The van der Waals surface area contributed by atoms with Crippen molar-refractivity contribution in [2.45, 2.75) is 19.5 Å². The maximum absolute atomic E-state index is 12.0. The average molecular weight is 322 g/mol.